The van der Waals surface area contributed by atoms with Gasteiger partial charge in [0.15, 0.2) is 0 Å². The number of allylic oxidation sites excluding steroid dienone is 2. The van der Waals surface area contributed by atoms with E-state index < -0.39 is 0 Å². The quantitative estimate of drug-likeness (QED) is 0.416. The maximum absolute atomic E-state index is 11.0. The number of carbonyl (C=O) groups is 1. The van der Waals surface area contributed by atoms with Crippen molar-refractivity contribution >= 4 is 5.91 Å². The van der Waals surface area contributed by atoms with E-state index in [4.69, 9.17) is 0 Å². The molecule has 0 aromatic rings. The molecule has 0 atom stereocenters. The first-order valence-corrected chi connectivity index (χ1v) is 3.10. The largest absolute Gasteiger partial charge is 0.345 e. The fourth-order valence-electron chi connectivity index (χ4n) is 0.601. The molecular weight excluding hydrogens is 126 g/mol. The SMILES string of the molecule is C=CC=C(C)C(=O)N(C)C. The van der Waals surface area contributed by atoms with Crippen molar-refractivity contribution in [2.45, 2.75) is 6.92 Å². The van der Waals surface area contributed by atoms with Crippen molar-refractivity contribution in [3.63, 3.8) is 0 Å². The van der Waals surface area contributed by atoms with Gasteiger partial charge in [0.25, 0.3) is 0 Å². The summed E-state index contributed by atoms with van der Waals surface area (Å²) in [5, 5.41) is 0. The number of likely N-dealkylation sites (N-methyl/N-ethyl adjacent to an activating group) is 1. The standard InChI is InChI=1S/C8H13NO/c1-5-6-7(2)8(10)9(3)4/h5-6H,1H2,2-4H3. The van der Waals surface area contributed by atoms with E-state index in [0.29, 0.717) is 5.57 Å². The average Bonchev–Trinajstić information content (AvgIpc) is 1.87. The summed E-state index contributed by atoms with van der Waals surface area (Å²) in [5.41, 5.74) is 0.708. The molecule has 2 nitrogen and oxygen atoms in total. The van der Waals surface area contributed by atoms with Crippen LogP contribution in [0.4, 0.5) is 0 Å². The van der Waals surface area contributed by atoms with Gasteiger partial charge in [-0.2, -0.15) is 0 Å². The summed E-state index contributed by atoms with van der Waals surface area (Å²) in [4.78, 5) is 12.6. The van der Waals surface area contributed by atoms with Crippen LogP contribution in [0.2, 0.25) is 0 Å². The predicted octanol–water partition coefficient (Wildman–Crippen LogP) is 1.21. The highest BCUT2D eigenvalue weighted by Gasteiger charge is 2.03. The van der Waals surface area contributed by atoms with Gasteiger partial charge in [-0.1, -0.05) is 18.7 Å². The molecule has 0 saturated carbocycles. The maximum Gasteiger partial charge on any atom is 0.248 e. The van der Waals surface area contributed by atoms with Gasteiger partial charge in [0.2, 0.25) is 5.91 Å². The van der Waals surface area contributed by atoms with Crippen molar-refractivity contribution in [2.24, 2.45) is 0 Å². The van der Waals surface area contributed by atoms with Crippen LogP contribution in [-0.2, 0) is 4.79 Å². The normalized spacial score (nSPS) is 10.9. The predicted molar refractivity (Wildman–Crippen MR) is 42.6 cm³/mol. The second-order valence-corrected chi connectivity index (χ2v) is 2.28. The molecule has 0 fully saturated rings. The Labute approximate surface area is 61.8 Å². The van der Waals surface area contributed by atoms with Gasteiger partial charge in [-0.3, -0.25) is 4.79 Å². The lowest BCUT2D eigenvalue weighted by Gasteiger charge is -2.08. The fraction of sp³-hybridized carbons (Fsp3) is 0.375. The van der Waals surface area contributed by atoms with Gasteiger partial charge >= 0.3 is 0 Å². The zero-order valence-electron chi connectivity index (χ0n) is 6.72. The van der Waals surface area contributed by atoms with E-state index in [0.717, 1.165) is 0 Å². The van der Waals surface area contributed by atoms with Crippen LogP contribution in [0.5, 0.6) is 0 Å². The van der Waals surface area contributed by atoms with Crippen LogP contribution < -0.4 is 0 Å². The van der Waals surface area contributed by atoms with Crippen molar-refractivity contribution in [3.8, 4) is 0 Å². The van der Waals surface area contributed by atoms with Crippen LogP contribution in [0.15, 0.2) is 24.3 Å². The Bertz CT molecular complexity index is 168. The Hall–Kier alpha value is -1.05. The lowest BCUT2D eigenvalue weighted by atomic mass is 10.2. The number of rotatable bonds is 2. The molecule has 0 heterocycles. The van der Waals surface area contributed by atoms with Gasteiger partial charge in [-0.25, -0.2) is 0 Å². The Morgan fingerprint density at radius 2 is 2.00 bits per heavy atom. The van der Waals surface area contributed by atoms with E-state index in [1.54, 1.807) is 33.2 Å². The summed E-state index contributed by atoms with van der Waals surface area (Å²) >= 11 is 0. The number of hydrogen-bond acceptors (Lipinski definition) is 1. The highest BCUT2D eigenvalue weighted by Crippen LogP contribution is 1.96. The molecule has 0 aliphatic carbocycles. The first-order chi connectivity index (χ1) is 4.59. The smallest absolute Gasteiger partial charge is 0.248 e. The molecule has 0 rings (SSSR count). The molecule has 0 spiro atoms. The molecule has 0 unspecified atom stereocenters. The van der Waals surface area contributed by atoms with E-state index in [2.05, 4.69) is 6.58 Å². The van der Waals surface area contributed by atoms with Crippen molar-refractivity contribution < 1.29 is 4.79 Å². The van der Waals surface area contributed by atoms with Gasteiger partial charge < -0.3 is 4.90 Å². The van der Waals surface area contributed by atoms with Crippen molar-refractivity contribution in [2.75, 3.05) is 14.1 Å². The van der Waals surface area contributed by atoms with Crippen LogP contribution in [0.25, 0.3) is 0 Å². The average molecular weight is 139 g/mol. The molecule has 0 N–H and O–H groups in total. The van der Waals surface area contributed by atoms with E-state index >= 15 is 0 Å². The monoisotopic (exact) mass is 139 g/mol. The van der Waals surface area contributed by atoms with E-state index in [1.165, 1.54) is 4.90 Å². The lowest BCUT2D eigenvalue weighted by Crippen LogP contribution is -2.22. The molecule has 1 amide bonds. The molecule has 56 valence electrons. The molecule has 0 saturated heterocycles. The second-order valence-electron chi connectivity index (χ2n) is 2.28. The molecule has 0 aromatic carbocycles. The third-order valence-electron chi connectivity index (χ3n) is 1.11. The lowest BCUT2D eigenvalue weighted by molar-refractivity contribution is -0.124. The third kappa shape index (κ3) is 2.49. The van der Waals surface area contributed by atoms with Crippen LogP contribution in [0, 0.1) is 0 Å². The number of amides is 1. The van der Waals surface area contributed by atoms with Crippen LogP contribution >= 0.6 is 0 Å². The summed E-state index contributed by atoms with van der Waals surface area (Å²) < 4.78 is 0. The van der Waals surface area contributed by atoms with Crippen LogP contribution in [0.3, 0.4) is 0 Å². The van der Waals surface area contributed by atoms with E-state index in [1.807, 2.05) is 0 Å². The summed E-state index contributed by atoms with van der Waals surface area (Å²) in [6.45, 7) is 5.26. The maximum atomic E-state index is 11.0. The summed E-state index contributed by atoms with van der Waals surface area (Å²) in [6, 6.07) is 0. The Morgan fingerprint density at radius 1 is 1.50 bits per heavy atom. The highest BCUT2D eigenvalue weighted by molar-refractivity contribution is 5.92. The van der Waals surface area contributed by atoms with Crippen molar-refractivity contribution in [1.29, 1.82) is 0 Å². The van der Waals surface area contributed by atoms with E-state index in [9.17, 15) is 4.79 Å². The molecule has 0 radical (unpaired) electrons. The van der Waals surface area contributed by atoms with Gasteiger partial charge in [0, 0.05) is 19.7 Å². The molecule has 0 aliphatic rings. The summed E-state index contributed by atoms with van der Waals surface area (Å²) in [6.07, 6.45) is 3.30. The topological polar surface area (TPSA) is 20.3 Å². The minimum Gasteiger partial charge on any atom is -0.345 e. The summed E-state index contributed by atoms with van der Waals surface area (Å²) in [5.74, 6) is 0.0277. The van der Waals surface area contributed by atoms with Crippen LogP contribution in [0.1, 0.15) is 6.92 Å². The highest BCUT2D eigenvalue weighted by atomic mass is 16.2. The zero-order valence-corrected chi connectivity index (χ0v) is 6.72. The Kier molecular flexibility index (Phi) is 3.47. The molecule has 0 bridgehead atoms. The molecular formula is C8H13NO. The van der Waals surface area contributed by atoms with Gasteiger partial charge in [0.05, 0.1) is 0 Å². The van der Waals surface area contributed by atoms with Crippen molar-refractivity contribution in [3.05, 3.63) is 24.3 Å². The Morgan fingerprint density at radius 3 is 2.30 bits per heavy atom. The third-order valence-corrected chi connectivity index (χ3v) is 1.11. The molecule has 2 heteroatoms. The number of hydrogen-bond donors (Lipinski definition) is 0. The Balaban J connectivity index is 4.21. The fourth-order valence-corrected chi connectivity index (χ4v) is 0.601. The molecule has 0 aliphatic heterocycles. The zero-order chi connectivity index (χ0) is 8.15. The first kappa shape index (κ1) is 8.95. The number of carbonyl (C=O) groups excluding carboxylic acids is 1. The van der Waals surface area contributed by atoms with Gasteiger partial charge in [0.1, 0.15) is 0 Å². The minimum absolute atomic E-state index is 0.0277. The number of nitrogens with zero attached hydrogens (tertiary/aromatic N) is 1. The first-order valence-electron chi connectivity index (χ1n) is 3.10. The molecule has 0 aromatic heterocycles. The van der Waals surface area contributed by atoms with Crippen LogP contribution in [-0.4, -0.2) is 24.9 Å². The van der Waals surface area contributed by atoms with Gasteiger partial charge in [-0.05, 0) is 6.92 Å². The van der Waals surface area contributed by atoms with Gasteiger partial charge in [-0.15, -0.1) is 0 Å². The molecule has 10 heavy (non-hydrogen) atoms. The van der Waals surface area contributed by atoms with Crippen molar-refractivity contribution in [1.82, 2.24) is 4.90 Å². The summed E-state index contributed by atoms with van der Waals surface area (Å²) in [7, 11) is 3.45. The minimum atomic E-state index is 0.0277. The second kappa shape index (κ2) is 3.88. The van der Waals surface area contributed by atoms with E-state index in [-0.39, 0.29) is 5.91 Å².